The van der Waals surface area contributed by atoms with Gasteiger partial charge in [-0.2, -0.15) is 0 Å². The summed E-state index contributed by atoms with van der Waals surface area (Å²) in [5.41, 5.74) is 4.65. The summed E-state index contributed by atoms with van der Waals surface area (Å²) in [5, 5.41) is 2.95. The van der Waals surface area contributed by atoms with Gasteiger partial charge in [0, 0.05) is 17.3 Å². The molecule has 1 atom stereocenters. The lowest BCUT2D eigenvalue weighted by Gasteiger charge is -2.30. The highest BCUT2D eigenvalue weighted by Gasteiger charge is 2.32. The number of nitrogens with one attached hydrogen (secondary N) is 1. The van der Waals surface area contributed by atoms with Crippen molar-refractivity contribution in [1.29, 1.82) is 0 Å². The van der Waals surface area contributed by atoms with Gasteiger partial charge in [-0.15, -0.1) is 0 Å². The number of rotatable bonds is 3. The fourth-order valence-corrected chi connectivity index (χ4v) is 3.65. The molecule has 0 radical (unpaired) electrons. The van der Waals surface area contributed by atoms with Gasteiger partial charge in [0.1, 0.15) is 6.54 Å². The molecule has 0 fully saturated rings. The highest BCUT2D eigenvalue weighted by atomic mass is 16.2. The number of benzene rings is 3. The van der Waals surface area contributed by atoms with E-state index in [0.29, 0.717) is 0 Å². The van der Waals surface area contributed by atoms with Gasteiger partial charge in [0.15, 0.2) is 0 Å². The second-order valence-electron chi connectivity index (χ2n) is 7.16. The van der Waals surface area contributed by atoms with Crippen molar-refractivity contribution >= 4 is 23.6 Å². The van der Waals surface area contributed by atoms with E-state index in [1.54, 1.807) is 17.1 Å². The van der Waals surface area contributed by atoms with E-state index in [9.17, 15) is 9.59 Å². The molecular formula is C25H22N2O2. The lowest BCUT2D eigenvalue weighted by molar-refractivity contribution is -0.131. The molecule has 1 N–H and O–H groups in total. The van der Waals surface area contributed by atoms with Crippen LogP contribution >= 0.6 is 0 Å². The molecule has 0 spiro atoms. The Hall–Kier alpha value is -3.66. The Labute approximate surface area is 170 Å². The summed E-state index contributed by atoms with van der Waals surface area (Å²) in [6.07, 6.45) is 3.32. The maximum atomic E-state index is 13.2. The molecule has 0 aromatic heterocycles. The Kier molecular flexibility index (Phi) is 5.25. The Morgan fingerprint density at radius 3 is 2.41 bits per heavy atom. The van der Waals surface area contributed by atoms with Crippen LogP contribution in [0.1, 0.15) is 28.3 Å². The van der Waals surface area contributed by atoms with Crippen molar-refractivity contribution in [2.24, 2.45) is 0 Å². The molecule has 1 heterocycles. The second-order valence-corrected chi connectivity index (χ2v) is 7.16. The number of hydrogen-bond acceptors (Lipinski definition) is 2. The summed E-state index contributed by atoms with van der Waals surface area (Å²) in [6, 6.07) is 25.1. The second kappa shape index (κ2) is 8.15. The quantitative estimate of drug-likeness (QED) is 0.674. The van der Waals surface area contributed by atoms with Gasteiger partial charge in [0.25, 0.3) is 0 Å². The van der Waals surface area contributed by atoms with Crippen LogP contribution in [0.3, 0.4) is 0 Å². The van der Waals surface area contributed by atoms with Gasteiger partial charge in [-0.1, -0.05) is 78.4 Å². The number of carbonyl (C=O) groups excluding carboxylic acids is 2. The van der Waals surface area contributed by atoms with Gasteiger partial charge in [0.2, 0.25) is 11.8 Å². The summed E-state index contributed by atoms with van der Waals surface area (Å²) >= 11 is 0. The smallest absolute Gasteiger partial charge is 0.247 e. The van der Waals surface area contributed by atoms with Crippen molar-refractivity contribution in [3.05, 3.63) is 107 Å². The van der Waals surface area contributed by atoms with E-state index in [-0.39, 0.29) is 24.4 Å². The Morgan fingerprint density at radius 1 is 1.00 bits per heavy atom. The minimum Gasteiger partial charge on any atom is -0.324 e. The van der Waals surface area contributed by atoms with Crippen LogP contribution in [0.5, 0.6) is 0 Å². The monoisotopic (exact) mass is 382 g/mol. The summed E-state index contributed by atoms with van der Waals surface area (Å²) in [6.45, 7) is 2.00. The first kappa shape index (κ1) is 18.7. The van der Waals surface area contributed by atoms with Gasteiger partial charge < -0.3 is 10.2 Å². The van der Waals surface area contributed by atoms with E-state index in [2.05, 4.69) is 5.32 Å². The van der Waals surface area contributed by atoms with Crippen LogP contribution in [0.15, 0.2) is 84.9 Å². The standard InChI is InChI=1S/C25H22N2O2/c1-18-12-14-22-21(16-18)25(20-10-6-3-7-11-20)27(17-23(28)26-22)24(29)15-13-19-8-4-2-5-9-19/h2-16,25H,17H2,1H3,(H,26,28)/b15-13+. The third-order valence-corrected chi connectivity index (χ3v) is 5.02. The molecule has 0 bridgehead atoms. The number of fused-ring (bicyclic) bond motifs is 1. The van der Waals surface area contributed by atoms with Gasteiger partial charge in [-0.05, 0) is 30.2 Å². The molecule has 4 nitrogen and oxygen atoms in total. The largest absolute Gasteiger partial charge is 0.324 e. The van der Waals surface area contributed by atoms with Crippen LogP contribution in [0.25, 0.3) is 6.08 Å². The average molecular weight is 382 g/mol. The number of amides is 2. The molecule has 4 heteroatoms. The number of hydrogen-bond donors (Lipinski definition) is 1. The Bertz CT molecular complexity index is 1060. The SMILES string of the molecule is Cc1ccc2c(c1)C(c1ccccc1)N(C(=O)/C=C/c1ccccc1)CC(=O)N2. The minimum absolute atomic E-state index is 0.00868. The predicted octanol–water partition coefficient (Wildman–Crippen LogP) is 4.58. The van der Waals surface area contributed by atoms with Crippen LogP contribution in [-0.2, 0) is 9.59 Å². The van der Waals surface area contributed by atoms with Crippen molar-refractivity contribution in [2.75, 3.05) is 11.9 Å². The number of anilines is 1. The summed E-state index contributed by atoms with van der Waals surface area (Å²) in [7, 11) is 0. The lowest BCUT2D eigenvalue weighted by atomic mass is 9.94. The lowest BCUT2D eigenvalue weighted by Crippen LogP contribution is -2.38. The van der Waals surface area contributed by atoms with Gasteiger partial charge >= 0.3 is 0 Å². The average Bonchev–Trinajstić information content (AvgIpc) is 2.89. The topological polar surface area (TPSA) is 49.4 Å². The van der Waals surface area contributed by atoms with Crippen LogP contribution in [0.4, 0.5) is 5.69 Å². The van der Waals surface area contributed by atoms with E-state index in [1.165, 1.54) is 0 Å². The molecule has 0 saturated carbocycles. The minimum atomic E-state index is -0.349. The number of nitrogens with zero attached hydrogens (tertiary/aromatic N) is 1. The fraction of sp³-hybridized carbons (Fsp3) is 0.120. The van der Waals surface area contributed by atoms with Crippen LogP contribution in [0, 0.1) is 6.92 Å². The molecule has 0 aliphatic carbocycles. The van der Waals surface area contributed by atoms with Crippen LogP contribution in [-0.4, -0.2) is 23.3 Å². The Morgan fingerprint density at radius 2 is 1.69 bits per heavy atom. The van der Waals surface area contributed by atoms with Crippen molar-refractivity contribution in [1.82, 2.24) is 4.90 Å². The molecule has 1 aliphatic heterocycles. The summed E-state index contributed by atoms with van der Waals surface area (Å²) in [5.74, 6) is -0.401. The molecule has 29 heavy (non-hydrogen) atoms. The zero-order chi connectivity index (χ0) is 20.2. The van der Waals surface area contributed by atoms with Gasteiger partial charge in [-0.25, -0.2) is 0 Å². The summed E-state index contributed by atoms with van der Waals surface area (Å²) in [4.78, 5) is 27.4. The first-order chi connectivity index (χ1) is 14.1. The summed E-state index contributed by atoms with van der Waals surface area (Å²) < 4.78 is 0. The van der Waals surface area contributed by atoms with Crippen molar-refractivity contribution < 1.29 is 9.59 Å². The third kappa shape index (κ3) is 4.11. The fourth-order valence-electron chi connectivity index (χ4n) is 3.65. The van der Waals surface area contributed by atoms with Crippen LogP contribution in [0.2, 0.25) is 0 Å². The normalized spacial score (nSPS) is 16.2. The predicted molar refractivity (Wildman–Crippen MR) is 115 cm³/mol. The van der Waals surface area contributed by atoms with Gasteiger partial charge in [-0.3, -0.25) is 9.59 Å². The first-order valence-electron chi connectivity index (χ1n) is 9.61. The van der Waals surface area contributed by atoms with Crippen molar-refractivity contribution in [3.8, 4) is 0 Å². The highest BCUT2D eigenvalue weighted by Crippen LogP contribution is 2.36. The molecule has 1 unspecified atom stereocenters. The van der Waals surface area contributed by atoms with E-state index in [0.717, 1.165) is 27.9 Å². The van der Waals surface area contributed by atoms with Gasteiger partial charge in [0.05, 0.1) is 6.04 Å². The zero-order valence-corrected chi connectivity index (χ0v) is 16.2. The van der Waals surface area contributed by atoms with Crippen LogP contribution < -0.4 is 5.32 Å². The Balaban J connectivity index is 1.78. The maximum Gasteiger partial charge on any atom is 0.247 e. The maximum absolute atomic E-state index is 13.2. The van der Waals surface area contributed by atoms with Crippen molar-refractivity contribution in [2.45, 2.75) is 13.0 Å². The third-order valence-electron chi connectivity index (χ3n) is 5.02. The molecule has 4 rings (SSSR count). The highest BCUT2D eigenvalue weighted by molar-refractivity contribution is 6.00. The molecule has 3 aromatic carbocycles. The first-order valence-corrected chi connectivity index (χ1v) is 9.61. The molecule has 144 valence electrons. The zero-order valence-electron chi connectivity index (χ0n) is 16.2. The van der Waals surface area contributed by atoms with E-state index in [4.69, 9.17) is 0 Å². The molecule has 2 amide bonds. The van der Waals surface area contributed by atoms with E-state index in [1.807, 2.05) is 85.8 Å². The molecule has 1 aliphatic rings. The number of carbonyl (C=O) groups is 2. The number of aryl methyl sites for hydroxylation is 1. The molecule has 0 saturated heterocycles. The van der Waals surface area contributed by atoms with Crippen molar-refractivity contribution in [3.63, 3.8) is 0 Å². The molecular weight excluding hydrogens is 360 g/mol. The van der Waals surface area contributed by atoms with E-state index < -0.39 is 0 Å². The van der Waals surface area contributed by atoms with E-state index >= 15 is 0 Å². The molecule has 3 aromatic rings.